The zero-order valence-electron chi connectivity index (χ0n) is 15.2. The second kappa shape index (κ2) is 8.97. The van der Waals surface area contributed by atoms with E-state index in [4.69, 9.17) is 14.2 Å². The van der Waals surface area contributed by atoms with Crippen LogP contribution in [0.25, 0.3) is 0 Å². The minimum Gasteiger partial charge on any atom is -0.497 e. The van der Waals surface area contributed by atoms with Crippen LogP contribution in [0.2, 0.25) is 0 Å². The van der Waals surface area contributed by atoms with Crippen molar-refractivity contribution in [2.75, 3.05) is 27.4 Å². The lowest BCUT2D eigenvalue weighted by molar-refractivity contribution is 0.0752. The molecule has 2 aromatic rings. The topological polar surface area (TPSA) is 48.0 Å². The molecule has 0 spiro atoms. The summed E-state index contributed by atoms with van der Waals surface area (Å²) in [5.41, 5.74) is 1.63. The maximum absolute atomic E-state index is 12.8. The van der Waals surface area contributed by atoms with Crippen molar-refractivity contribution in [2.24, 2.45) is 0 Å². The Morgan fingerprint density at radius 3 is 2.24 bits per heavy atom. The minimum atomic E-state index is -0.0420. The first kappa shape index (κ1) is 18.6. The average Bonchev–Trinajstić information content (AvgIpc) is 2.66. The van der Waals surface area contributed by atoms with Crippen LogP contribution in [0.4, 0.5) is 0 Å². The number of hydrogen-bond acceptors (Lipinski definition) is 4. The molecule has 0 bridgehead atoms. The molecular formula is C20H25NO4. The quantitative estimate of drug-likeness (QED) is 0.732. The molecule has 2 aromatic carbocycles. The summed E-state index contributed by atoms with van der Waals surface area (Å²) in [5.74, 6) is 1.96. The summed E-state index contributed by atoms with van der Waals surface area (Å²) in [6.45, 7) is 5.57. The van der Waals surface area contributed by atoms with E-state index < -0.39 is 0 Å². The summed E-state index contributed by atoms with van der Waals surface area (Å²) in [5, 5.41) is 0. The van der Waals surface area contributed by atoms with Crippen LogP contribution in [-0.2, 0) is 6.54 Å². The van der Waals surface area contributed by atoms with Gasteiger partial charge in [-0.25, -0.2) is 0 Å². The normalized spacial score (nSPS) is 10.2. The highest BCUT2D eigenvalue weighted by atomic mass is 16.5. The highest BCUT2D eigenvalue weighted by Crippen LogP contribution is 2.28. The van der Waals surface area contributed by atoms with Gasteiger partial charge in [0.05, 0.1) is 20.8 Å². The van der Waals surface area contributed by atoms with Crippen LogP contribution in [0.3, 0.4) is 0 Å². The van der Waals surface area contributed by atoms with Gasteiger partial charge < -0.3 is 19.1 Å². The summed E-state index contributed by atoms with van der Waals surface area (Å²) < 4.78 is 16.0. The van der Waals surface area contributed by atoms with Crippen molar-refractivity contribution in [2.45, 2.75) is 20.4 Å². The first-order valence-electron chi connectivity index (χ1n) is 8.35. The summed E-state index contributed by atoms with van der Waals surface area (Å²) in [7, 11) is 3.21. The number of methoxy groups -OCH3 is 2. The fraction of sp³-hybridized carbons (Fsp3) is 0.350. The van der Waals surface area contributed by atoms with Crippen LogP contribution in [0.5, 0.6) is 17.2 Å². The second-order valence-electron chi connectivity index (χ2n) is 5.47. The molecule has 25 heavy (non-hydrogen) atoms. The van der Waals surface area contributed by atoms with Crippen molar-refractivity contribution in [3.05, 3.63) is 53.6 Å². The van der Waals surface area contributed by atoms with E-state index in [9.17, 15) is 4.79 Å². The van der Waals surface area contributed by atoms with Crippen LogP contribution >= 0.6 is 0 Å². The van der Waals surface area contributed by atoms with Crippen LogP contribution in [0.1, 0.15) is 29.8 Å². The summed E-state index contributed by atoms with van der Waals surface area (Å²) in [4.78, 5) is 14.6. The molecule has 0 radical (unpaired) electrons. The second-order valence-corrected chi connectivity index (χ2v) is 5.47. The third kappa shape index (κ3) is 4.66. The van der Waals surface area contributed by atoms with E-state index >= 15 is 0 Å². The lowest BCUT2D eigenvalue weighted by atomic mass is 10.1. The van der Waals surface area contributed by atoms with Gasteiger partial charge in [0.2, 0.25) is 0 Å². The van der Waals surface area contributed by atoms with E-state index in [1.54, 1.807) is 37.3 Å². The minimum absolute atomic E-state index is 0.0420. The Morgan fingerprint density at radius 2 is 1.68 bits per heavy atom. The average molecular weight is 343 g/mol. The van der Waals surface area contributed by atoms with Crippen LogP contribution < -0.4 is 14.2 Å². The SMILES string of the molecule is CCOc1ccc(C(=O)N(CC)Cc2ccc(OC)cc2)cc1OC. The van der Waals surface area contributed by atoms with Crippen molar-refractivity contribution in [1.29, 1.82) is 0 Å². The number of rotatable bonds is 8. The Morgan fingerprint density at radius 1 is 0.960 bits per heavy atom. The molecule has 5 nitrogen and oxygen atoms in total. The van der Waals surface area contributed by atoms with E-state index in [0.29, 0.717) is 36.8 Å². The van der Waals surface area contributed by atoms with Gasteiger partial charge in [0.15, 0.2) is 11.5 Å². The molecular weight excluding hydrogens is 318 g/mol. The number of carbonyl (C=O) groups is 1. The van der Waals surface area contributed by atoms with Crippen molar-refractivity contribution >= 4 is 5.91 Å². The molecule has 5 heteroatoms. The Hall–Kier alpha value is -2.69. The predicted octanol–water partition coefficient (Wildman–Crippen LogP) is 3.76. The number of nitrogens with zero attached hydrogens (tertiary/aromatic N) is 1. The molecule has 134 valence electrons. The lowest BCUT2D eigenvalue weighted by Gasteiger charge is -2.22. The van der Waals surface area contributed by atoms with Crippen LogP contribution in [0.15, 0.2) is 42.5 Å². The Kier molecular flexibility index (Phi) is 6.69. The largest absolute Gasteiger partial charge is 0.497 e. The van der Waals surface area contributed by atoms with Crippen molar-refractivity contribution < 1.29 is 19.0 Å². The molecule has 0 aliphatic heterocycles. The molecule has 0 aromatic heterocycles. The van der Waals surface area contributed by atoms with Gasteiger partial charge >= 0.3 is 0 Å². The molecule has 0 atom stereocenters. The third-order valence-electron chi connectivity index (χ3n) is 3.91. The van der Waals surface area contributed by atoms with Gasteiger partial charge in [-0.15, -0.1) is 0 Å². The van der Waals surface area contributed by atoms with Gasteiger partial charge in [-0.05, 0) is 49.7 Å². The molecule has 1 amide bonds. The zero-order chi connectivity index (χ0) is 18.2. The Labute approximate surface area is 149 Å². The number of ether oxygens (including phenoxy) is 3. The monoisotopic (exact) mass is 343 g/mol. The number of hydrogen-bond donors (Lipinski definition) is 0. The first-order valence-corrected chi connectivity index (χ1v) is 8.35. The number of benzene rings is 2. The number of amides is 1. The summed E-state index contributed by atoms with van der Waals surface area (Å²) in [6, 6.07) is 13.0. The van der Waals surface area contributed by atoms with Gasteiger partial charge in [-0.1, -0.05) is 12.1 Å². The maximum atomic E-state index is 12.8. The smallest absolute Gasteiger partial charge is 0.254 e. The van der Waals surface area contributed by atoms with Gasteiger partial charge in [-0.3, -0.25) is 4.79 Å². The zero-order valence-corrected chi connectivity index (χ0v) is 15.2. The van der Waals surface area contributed by atoms with Crippen LogP contribution in [-0.4, -0.2) is 38.2 Å². The van der Waals surface area contributed by atoms with Gasteiger partial charge in [0.1, 0.15) is 5.75 Å². The van der Waals surface area contributed by atoms with E-state index in [1.165, 1.54) is 0 Å². The standard InChI is InChI=1S/C20H25NO4/c1-5-21(14-15-7-10-17(23-3)11-8-15)20(22)16-9-12-18(25-6-2)19(13-16)24-4/h7-13H,5-6,14H2,1-4H3. The molecule has 0 saturated carbocycles. The highest BCUT2D eigenvalue weighted by Gasteiger charge is 2.17. The maximum Gasteiger partial charge on any atom is 0.254 e. The molecule has 0 aliphatic rings. The van der Waals surface area contributed by atoms with Crippen molar-refractivity contribution in [1.82, 2.24) is 4.90 Å². The van der Waals surface area contributed by atoms with Gasteiger partial charge in [0, 0.05) is 18.7 Å². The van der Waals surface area contributed by atoms with E-state index in [2.05, 4.69) is 0 Å². The predicted molar refractivity (Wildman–Crippen MR) is 97.6 cm³/mol. The van der Waals surface area contributed by atoms with Crippen molar-refractivity contribution in [3.63, 3.8) is 0 Å². The Balaban J connectivity index is 2.17. The third-order valence-corrected chi connectivity index (χ3v) is 3.91. The molecule has 0 unspecified atom stereocenters. The van der Waals surface area contributed by atoms with E-state index in [0.717, 1.165) is 11.3 Å². The van der Waals surface area contributed by atoms with Crippen molar-refractivity contribution in [3.8, 4) is 17.2 Å². The van der Waals surface area contributed by atoms with Crippen LogP contribution in [0, 0.1) is 0 Å². The fourth-order valence-electron chi connectivity index (χ4n) is 2.54. The fourth-order valence-corrected chi connectivity index (χ4v) is 2.54. The van der Waals surface area contributed by atoms with E-state index in [1.807, 2.05) is 38.1 Å². The summed E-state index contributed by atoms with van der Waals surface area (Å²) >= 11 is 0. The number of carbonyl (C=O) groups excluding carboxylic acids is 1. The van der Waals surface area contributed by atoms with E-state index in [-0.39, 0.29) is 5.91 Å². The molecule has 0 aliphatic carbocycles. The highest BCUT2D eigenvalue weighted by molar-refractivity contribution is 5.94. The first-order chi connectivity index (χ1) is 12.1. The molecule has 0 heterocycles. The van der Waals surface area contributed by atoms with Gasteiger partial charge in [0.25, 0.3) is 5.91 Å². The summed E-state index contributed by atoms with van der Waals surface area (Å²) in [6.07, 6.45) is 0. The molecule has 0 fully saturated rings. The van der Waals surface area contributed by atoms with Gasteiger partial charge in [-0.2, -0.15) is 0 Å². The molecule has 2 rings (SSSR count). The lowest BCUT2D eigenvalue weighted by Crippen LogP contribution is -2.30. The Bertz CT molecular complexity index is 697. The molecule has 0 saturated heterocycles. The molecule has 0 N–H and O–H groups in total.